The van der Waals surface area contributed by atoms with E-state index in [1.807, 2.05) is 0 Å². The van der Waals surface area contributed by atoms with Gasteiger partial charge in [0.25, 0.3) is 0 Å². The molecule has 1 aliphatic carbocycles. The van der Waals surface area contributed by atoms with Crippen molar-refractivity contribution in [2.45, 2.75) is 52.6 Å². The van der Waals surface area contributed by atoms with Crippen LogP contribution in [0, 0.1) is 11.8 Å². The molecule has 4 rings (SSSR count). The third-order valence-electron chi connectivity index (χ3n) is 6.31. The molecule has 1 saturated carbocycles. The number of ether oxygens (including phenoxy) is 1. The highest BCUT2D eigenvalue weighted by Crippen LogP contribution is 2.29. The van der Waals surface area contributed by atoms with Crippen molar-refractivity contribution < 1.29 is 14.6 Å². The Labute approximate surface area is 201 Å². The van der Waals surface area contributed by atoms with Gasteiger partial charge in [-0.25, -0.2) is 28.9 Å². The Morgan fingerprint density at radius 2 is 1.83 bits per heavy atom. The van der Waals surface area contributed by atoms with Crippen LogP contribution in [0.4, 0.5) is 5.69 Å². The first kappa shape index (κ1) is 24.2. The minimum Gasteiger partial charge on any atom is -0.477 e. The summed E-state index contributed by atoms with van der Waals surface area (Å²) < 4.78 is 8.39. The summed E-state index contributed by atoms with van der Waals surface area (Å²) in [6, 6.07) is 11.2. The number of nitrogens with zero attached hydrogens (tertiary/aromatic N) is 4. The van der Waals surface area contributed by atoms with Crippen LogP contribution in [-0.2, 0) is 13.1 Å². The summed E-state index contributed by atoms with van der Waals surface area (Å²) in [4.78, 5) is 47.9. The Morgan fingerprint density at radius 1 is 1.11 bits per heavy atom. The number of hydrogen-bond donors (Lipinski definition) is 2. The number of aromatic amines is 1. The van der Waals surface area contributed by atoms with Crippen LogP contribution in [0.2, 0.25) is 0 Å². The SMILES string of the molecule is CCn1c(=O)[nH]/c(=N\c2ccc(Oc3cccc(C(=O)O)n3)cc2)n(C[C@H]2CC[C@H](C)CC2)c1=O. The summed E-state index contributed by atoms with van der Waals surface area (Å²) in [5.41, 5.74) is -0.225. The molecule has 0 saturated heterocycles. The van der Waals surface area contributed by atoms with Crippen LogP contribution in [0.25, 0.3) is 0 Å². The lowest BCUT2D eigenvalue weighted by atomic mass is 9.83. The van der Waals surface area contributed by atoms with Gasteiger partial charge in [-0.2, -0.15) is 0 Å². The number of benzene rings is 1. The van der Waals surface area contributed by atoms with Crippen molar-refractivity contribution in [2.24, 2.45) is 16.8 Å². The zero-order valence-electron chi connectivity index (χ0n) is 19.8. The average Bonchev–Trinajstić information content (AvgIpc) is 2.84. The van der Waals surface area contributed by atoms with Gasteiger partial charge < -0.3 is 9.84 Å². The Hall–Kier alpha value is -3.95. The van der Waals surface area contributed by atoms with E-state index in [9.17, 15) is 14.4 Å². The lowest BCUT2D eigenvalue weighted by Crippen LogP contribution is -2.50. The van der Waals surface area contributed by atoms with Gasteiger partial charge in [-0.05, 0) is 61.9 Å². The number of aromatic nitrogens is 4. The summed E-state index contributed by atoms with van der Waals surface area (Å²) >= 11 is 0. The molecular weight excluding hydrogens is 450 g/mol. The van der Waals surface area contributed by atoms with E-state index in [1.165, 1.54) is 10.6 Å². The predicted molar refractivity (Wildman–Crippen MR) is 129 cm³/mol. The number of pyridine rings is 1. The Bertz CT molecular complexity index is 1380. The molecular formula is C25H29N5O5. The summed E-state index contributed by atoms with van der Waals surface area (Å²) in [7, 11) is 0. The molecule has 0 atom stereocenters. The zero-order chi connectivity index (χ0) is 24.9. The molecule has 2 aromatic heterocycles. The molecule has 0 amide bonds. The van der Waals surface area contributed by atoms with Gasteiger partial charge in [0.05, 0.1) is 5.69 Å². The molecule has 184 valence electrons. The van der Waals surface area contributed by atoms with Crippen LogP contribution >= 0.6 is 0 Å². The van der Waals surface area contributed by atoms with Crippen LogP contribution in [-0.4, -0.2) is 30.2 Å². The number of carboxylic acids is 1. The molecule has 3 aromatic rings. The molecule has 0 unspecified atom stereocenters. The number of H-pyrrole nitrogens is 1. The van der Waals surface area contributed by atoms with Gasteiger partial charge in [-0.1, -0.05) is 25.8 Å². The Balaban J connectivity index is 1.63. The minimum atomic E-state index is -1.14. The number of nitrogens with one attached hydrogen (secondary N) is 1. The normalized spacial score (nSPS) is 18.4. The molecule has 10 heteroatoms. The van der Waals surface area contributed by atoms with Crippen LogP contribution in [0.3, 0.4) is 0 Å². The van der Waals surface area contributed by atoms with E-state index in [1.54, 1.807) is 47.9 Å². The first-order valence-electron chi connectivity index (χ1n) is 11.8. The zero-order valence-corrected chi connectivity index (χ0v) is 19.8. The molecule has 1 aromatic carbocycles. The van der Waals surface area contributed by atoms with Gasteiger partial charge >= 0.3 is 17.3 Å². The van der Waals surface area contributed by atoms with E-state index in [2.05, 4.69) is 21.9 Å². The van der Waals surface area contributed by atoms with Crippen molar-refractivity contribution in [3.8, 4) is 11.6 Å². The van der Waals surface area contributed by atoms with E-state index in [4.69, 9.17) is 9.84 Å². The molecule has 2 N–H and O–H groups in total. The largest absolute Gasteiger partial charge is 0.477 e. The van der Waals surface area contributed by atoms with E-state index < -0.39 is 11.7 Å². The predicted octanol–water partition coefficient (Wildman–Crippen LogP) is 3.30. The van der Waals surface area contributed by atoms with Gasteiger partial charge in [0.1, 0.15) is 5.75 Å². The number of hydrogen-bond acceptors (Lipinski definition) is 6. The third kappa shape index (κ3) is 5.76. The average molecular weight is 480 g/mol. The van der Waals surface area contributed by atoms with Crippen LogP contribution in [0.5, 0.6) is 11.6 Å². The number of carboxylic acid groups (broad SMARTS) is 1. The van der Waals surface area contributed by atoms with Gasteiger partial charge in [-0.3, -0.25) is 9.55 Å². The molecule has 1 fully saturated rings. The summed E-state index contributed by atoms with van der Waals surface area (Å²) in [5, 5.41) is 9.08. The van der Waals surface area contributed by atoms with E-state index >= 15 is 0 Å². The maximum atomic E-state index is 13.1. The molecule has 2 heterocycles. The highest BCUT2D eigenvalue weighted by Gasteiger charge is 2.20. The molecule has 10 nitrogen and oxygen atoms in total. The van der Waals surface area contributed by atoms with Crippen LogP contribution in [0.15, 0.2) is 57.0 Å². The van der Waals surface area contributed by atoms with Crippen LogP contribution in [0.1, 0.15) is 50.0 Å². The van der Waals surface area contributed by atoms with Crippen molar-refractivity contribution in [1.29, 1.82) is 0 Å². The molecule has 35 heavy (non-hydrogen) atoms. The van der Waals surface area contributed by atoms with Crippen molar-refractivity contribution >= 4 is 11.7 Å². The lowest BCUT2D eigenvalue weighted by Gasteiger charge is -2.26. The monoisotopic (exact) mass is 479 g/mol. The fourth-order valence-corrected chi connectivity index (χ4v) is 4.28. The number of rotatable bonds is 7. The quantitative estimate of drug-likeness (QED) is 0.534. The van der Waals surface area contributed by atoms with Crippen molar-refractivity contribution in [3.63, 3.8) is 0 Å². The summed E-state index contributed by atoms with van der Waals surface area (Å²) in [5.74, 6) is 0.518. The molecule has 0 bridgehead atoms. The third-order valence-corrected chi connectivity index (χ3v) is 6.31. The first-order chi connectivity index (χ1) is 16.8. The van der Waals surface area contributed by atoms with Crippen molar-refractivity contribution in [3.05, 3.63) is 74.7 Å². The van der Waals surface area contributed by atoms with E-state index in [0.717, 1.165) is 25.7 Å². The molecule has 0 spiro atoms. The topological polar surface area (TPSA) is 132 Å². The standard InChI is InChI=1S/C25H29N5O5/c1-3-29-24(33)28-23(30(25(29)34)15-17-9-7-16(2)8-10-17)26-18-11-13-19(14-12-18)35-21-6-4-5-20(27-21)22(31)32/h4-6,11-14,16-17H,3,7-10,15H2,1-2H3,(H,31,32)(H,26,28,33)/t16-,17-. The maximum Gasteiger partial charge on any atom is 0.354 e. The van der Waals surface area contributed by atoms with Crippen molar-refractivity contribution in [2.75, 3.05) is 0 Å². The summed E-state index contributed by atoms with van der Waals surface area (Å²) in [6.45, 7) is 4.80. The first-order valence-corrected chi connectivity index (χ1v) is 11.8. The minimum absolute atomic E-state index is 0.114. The number of carbonyl (C=O) groups is 1. The highest BCUT2D eigenvalue weighted by atomic mass is 16.5. The number of aromatic carboxylic acids is 1. The summed E-state index contributed by atoms with van der Waals surface area (Å²) in [6.07, 6.45) is 4.35. The smallest absolute Gasteiger partial charge is 0.354 e. The fraction of sp³-hybridized carbons (Fsp3) is 0.400. The Kier molecular flexibility index (Phi) is 7.28. The molecule has 1 aliphatic rings. The molecule has 0 aliphatic heterocycles. The van der Waals surface area contributed by atoms with E-state index in [0.29, 0.717) is 29.8 Å². The highest BCUT2D eigenvalue weighted by molar-refractivity contribution is 5.85. The second kappa shape index (κ2) is 10.5. The maximum absolute atomic E-state index is 13.1. The van der Waals surface area contributed by atoms with E-state index in [-0.39, 0.29) is 29.4 Å². The van der Waals surface area contributed by atoms with Gasteiger partial charge in [-0.15, -0.1) is 0 Å². The molecule has 0 radical (unpaired) electrons. The second-order valence-electron chi connectivity index (χ2n) is 8.89. The van der Waals surface area contributed by atoms with Gasteiger partial charge in [0.2, 0.25) is 11.5 Å². The van der Waals surface area contributed by atoms with Gasteiger partial charge in [0, 0.05) is 19.2 Å². The second-order valence-corrected chi connectivity index (χ2v) is 8.89. The fourth-order valence-electron chi connectivity index (χ4n) is 4.28. The van der Waals surface area contributed by atoms with Crippen LogP contribution < -0.4 is 21.7 Å². The lowest BCUT2D eigenvalue weighted by molar-refractivity contribution is 0.0689. The Morgan fingerprint density at radius 3 is 2.49 bits per heavy atom. The van der Waals surface area contributed by atoms with Gasteiger partial charge in [0.15, 0.2) is 5.69 Å². The van der Waals surface area contributed by atoms with Crippen molar-refractivity contribution in [1.82, 2.24) is 19.1 Å².